The van der Waals surface area contributed by atoms with E-state index in [1.165, 1.54) is 22.3 Å². The van der Waals surface area contributed by atoms with Crippen LogP contribution in [0.15, 0.2) is 152 Å². The zero-order chi connectivity index (χ0) is 28.3. The highest BCUT2D eigenvalue weighted by atomic mass is 32.2. The average Bonchev–Trinajstić information content (AvgIpc) is 3.06. The van der Waals surface area contributed by atoms with E-state index in [0.29, 0.717) is 6.42 Å². The SMILES string of the molecule is O=C(Cc1ccccc1)N1[C@H](c2ccccc2)[C@@H]2C[C@@H]([C@H](c3ccccc3)S[C@@H]2c2ccccc2)[C@@H]1c1ccccc1. The van der Waals surface area contributed by atoms with E-state index < -0.39 is 0 Å². The monoisotopic (exact) mass is 565 g/mol. The fourth-order valence-electron chi connectivity index (χ4n) is 7.32. The first-order chi connectivity index (χ1) is 20.8. The highest BCUT2D eigenvalue weighted by molar-refractivity contribution is 7.99. The first-order valence-electron chi connectivity index (χ1n) is 15.0. The lowest BCUT2D eigenvalue weighted by Gasteiger charge is -2.58. The van der Waals surface area contributed by atoms with Gasteiger partial charge in [-0.2, -0.15) is 0 Å². The highest BCUT2D eigenvalue weighted by Crippen LogP contribution is 2.66. The molecule has 42 heavy (non-hydrogen) atoms. The number of hydrogen-bond acceptors (Lipinski definition) is 2. The van der Waals surface area contributed by atoms with E-state index in [0.717, 1.165) is 12.0 Å². The molecule has 5 aromatic carbocycles. The minimum absolute atomic E-state index is 0.0294. The molecule has 0 radical (unpaired) electrons. The Balaban J connectivity index is 1.43. The molecule has 6 atom stereocenters. The van der Waals surface area contributed by atoms with E-state index in [4.69, 9.17) is 0 Å². The Labute approximate surface area is 253 Å². The van der Waals surface area contributed by atoms with Gasteiger partial charge in [-0.3, -0.25) is 4.79 Å². The van der Waals surface area contributed by atoms with Gasteiger partial charge in [0.2, 0.25) is 5.91 Å². The number of carbonyl (C=O) groups is 1. The van der Waals surface area contributed by atoms with Crippen molar-refractivity contribution in [3.05, 3.63) is 179 Å². The van der Waals surface area contributed by atoms with Crippen LogP contribution in [0.2, 0.25) is 0 Å². The maximum absolute atomic E-state index is 14.8. The van der Waals surface area contributed by atoms with Crippen molar-refractivity contribution in [2.24, 2.45) is 11.8 Å². The summed E-state index contributed by atoms with van der Waals surface area (Å²) in [5, 5.41) is 0.531. The Bertz CT molecular complexity index is 1500. The molecular weight excluding hydrogens is 531 g/mol. The van der Waals surface area contributed by atoms with Crippen molar-refractivity contribution in [2.45, 2.75) is 35.4 Å². The third kappa shape index (κ3) is 5.18. The standard InChI is InChI=1S/C39H35NOS/c41-35(26-28-16-6-1-7-17-28)40-36(29-18-8-2-9-19-29)33-27-34(37(40)30-20-10-3-11-21-30)39(32-24-14-5-15-25-32)42-38(33)31-22-12-4-13-23-31/h1-25,33-34,36-39H,26-27H2/t33-,34+,36+,37-,38+,39-. The normalized spacial score (nSPS) is 25.1. The summed E-state index contributed by atoms with van der Waals surface area (Å²) < 4.78 is 0. The summed E-state index contributed by atoms with van der Waals surface area (Å²) in [6.45, 7) is 0. The molecule has 2 nitrogen and oxygen atoms in total. The number of likely N-dealkylation sites (tertiary alicyclic amines) is 1. The summed E-state index contributed by atoms with van der Waals surface area (Å²) >= 11 is 2.11. The molecule has 2 aliphatic rings. The van der Waals surface area contributed by atoms with E-state index >= 15 is 0 Å². The fourth-order valence-corrected chi connectivity index (χ4v) is 9.19. The second-order valence-electron chi connectivity index (χ2n) is 11.5. The predicted molar refractivity (Wildman–Crippen MR) is 173 cm³/mol. The van der Waals surface area contributed by atoms with Crippen molar-refractivity contribution in [2.75, 3.05) is 0 Å². The number of benzene rings is 5. The van der Waals surface area contributed by atoms with Crippen LogP contribution in [0.5, 0.6) is 0 Å². The molecule has 2 heterocycles. The summed E-state index contributed by atoms with van der Waals surface area (Å²) in [6, 6.07) is 53.7. The number of amides is 1. The van der Waals surface area contributed by atoms with Crippen LogP contribution in [0.4, 0.5) is 0 Å². The van der Waals surface area contributed by atoms with E-state index in [9.17, 15) is 4.79 Å². The van der Waals surface area contributed by atoms with Crippen molar-refractivity contribution in [1.29, 1.82) is 0 Å². The summed E-state index contributed by atoms with van der Waals surface area (Å²) in [7, 11) is 0. The third-order valence-corrected chi connectivity index (χ3v) is 10.9. The van der Waals surface area contributed by atoms with Crippen LogP contribution in [0, 0.1) is 11.8 Å². The molecule has 0 N–H and O–H groups in total. The van der Waals surface area contributed by atoms with Crippen LogP contribution in [-0.4, -0.2) is 10.8 Å². The van der Waals surface area contributed by atoms with Gasteiger partial charge in [0.15, 0.2) is 0 Å². The van der Waals surface area contributed by atoms with E-state index in [-0.39, 0.29) is 40.3 Å². The van der Waals surface area contributed by atoms with Crippen molar-refractivity contribution >= 4 is 17.7 Å². The van der Waals surface area contributed by atoms with Crippen LogP contribution in [0.25, 0.3) is 0 Å². The Hall–Kier alpha value is -4.08. The molecule has 5 aromatic rings. The maximum Gasteiger partial charge on any atom is 0.228 e. The molecule has 0 unspecified atom stereocenters. The van der Waals surface area contributed by atoms with Gasteiger partial charge in [-0.15, -0.1) is 11.8 Å². The number of nitrogens with zero attached hydrogens (tertiary/aromatic N) is 1. The number of piperidine rings is 1. The molecule has 0 saturated carbocycles. The first kappa shape index (κ1) is 26.8. The number of carbonyl (C=O) groups excluding carboxylic acids is 1. The zero-order valence-corrected chi connectivity index (χ0v) is 24.4. The lowest BCUT2D eigenvalue weighted by Crippen LogP contribution is -2.53. The van der Waals surface area contributed by atoms with Crippen LogP contribution in [0.3, 0.4) is 0 Å². The Morgan fingerprint density at radius 3 is 1.29 bits per heavy atom. The Morgan fingerprint density at radius 2 is 0.881 bits per heavy atom. The molecule has 0 aromatic heterocycles. The molecule has 2 bridgehead atoms. The number of thioether (sulfide) groups is 1. The molecule has 1 amide bonds. The topological polar surface area (TPSA) is 20.3 Å². The van der Waals surface area contributed by atoms with Crippen LogP contribution in [0.1, 0.15) is 56.8 Å². The number of hydrogen-bond donors (Lipinski definition) is 0. The zero-order valence-electron chi connectivity index (χ0n) is 23.6. The van der Waals surface area contributed by atoms with Crippen molar-refractivity contribution in [3.63, 3.8) is 0 Å². The second-order valence-corrected chi connectivity index (χ2v) is 12.8. The summed E-state index contributed by atoms with van der Waals surface area (Å²) in [6.07, 6.45) is 1.45. The number of rotatable bonds is 6. The number of fused-ring (bicyclic) bond motifs is 2. The maximum atomic E-state index is 14.8. The third-order valence-electron chi connectivity index (χ3n) is 9.05. The van der Waals surface area contributed by atoms with Crippen LogP contribution >= 0.6 is 11.8 Å². The minimum atomic E-state index is -0.0294. The lowest BCUT2D eigenvalue weighted by atomic mass is 9.69. The van der Waals surface area contributed by atoms with Crippen molar-refractivity contribution in [1.82, 2.24) is 4.90 Å². The fraction of sp³-hybridized carbons (Fsp3) is 0.205. The Morgan fingerprint density at radius 1 is 0.524 bits per heavy atom. The molecule has 7 rings (SSSR count). The lowest BCUT2D eigenvalue weighted by molar-refractivity contribution is -0.144. The van der Waals surface area contributed by atoms with Gasteiger partial charge < -0.3 is 4.90 Å². The van der Waals surface area contributed by atoms with Gasteiger partial charge in [0.1, 0.15) is 0 Å². The van der Waals surface area contributed by atoms with E-state index in [1.807, 2.05) is 18.2 Å². The second kappa shape index (κ2) is 12.0. The molecule has 2 aliphatic heterocycles. The van der Waals surface area contributed by atoms with E-state index in [1.54, 1.807) is 0 Å². The quantitative estimate of drug-likeness (QED) is 0.204. The van der Waals surface area contributed by atoms with Gasteiger partial charge in [-0.05, 0) is 46.1 Å². The van der Waals surface area contributed by atoms with Crippen molar-refractivity contribution in [3.8, 4) is 0 Å². The molecule has 0 spiro atoms. The first-order valence-corrected chi connectivity index (χ1v) is 15.9. The molecule has 3 heteroatoms. The van der Waals surface area contributed by atoms with Gasteiger partial charge in [-0.1, -0.05) is 152 Å². The minimum Gasteiger partial charge on any atom is -0.328 e. The van der Waals surface area contributed by atoms with E-state index in [2.05, 4.69) is 150 Å². The summed E-state index contributed by atoms with van der Waals surface area (Å²) in [5.41, 5.74) is 6.21. The predicted octanol–water partition coefficient (Wildman–Crippen LogP) is 9.41. The summed E-state index contributed by atoms with van der Waals surface area (Å²) in [4.78, 5) is 17.1. The molecule has 0 aliphatic carbocycles. The molecular formula is C39H35NOS. The van der Waals surface area contributed by atoms with Crippen LogP contribution in [-0.2, 0) is 11.2 Å². The van der Waals surface area contributed by atoms with Gasteiger partial charge in [-0.25, -0.2) is 0 Å². The average molecular weight is 566 g/mol. The van der Waals surface area contributed by atoms with Gasteiger partial charge >= 0.3 is 0 Å². The highest BCUT2D eigenvalue weighted by Gasteiger charge is 2.54. The van der Waals surface area contributed by atoms with Crippen LogP contribution < -0.4 is 0 Å². The Kier molecular flexibility index (Phi) is 7.68. The van der Waals surface area contributed by atoms with Crippen molar-refractivity contribution < 1.29 is 4.79 Å². The molecule has 208 valence electrons. The summed E-state index contributed by atoms with van der Waals surface area (Å²) in [5.74, 6) is 0.762. The molecule has 2 fully saturated rings. The molecule has 2 saturated heterocycles. The largest absolute Gasteiger partial charge is 0.328 e. The van der Waals surface area contributed by atoms with Gasteiger partial charge in [0.05, 0.1) is 18.5 Å². The van der Waals surface area contributed by atoms with Gasteiger partial charge in [0.25, 0.3) is 0 Å². The van der Waals surface area contributed by atoms with Gasteiger partial charge in [0, 0.05) is 10.5 Å². The smallest absolute Gasteiger partial charge is 0.228 e.